The summed E-state index contributed by atoms with van der Waals surface area (Å²) in [5, 5.41) is 0.889. The second-order valence-corrected chi connectivity index (χ2v) is 10.8. The minimum Gasteiger partial charge on any atom is -0.399 e. The van der Waals surface area contributed by atoms with Gasteiger partial charge in [-0.2, -0.15) is 0 Å². The number of ketones is 1. The molecule has 3 N–H and O–H groups in total. The summed E-state index contributed by atoms with van der Waals surface area (Å²) in [6, 6.07) is 11.2. The highest BCUT2D eigenvalue weighted by Crippen LogP contribution is 2.44. The van der Waals surface area contributed by atoms with Gasteiger partial charge in [0.05, 0.1) is 5.56 Å². The Morgan fingerprint density at radius 1 is 1.03 bits per heavy atom. The van der Waals surface area contributed by atoms with Gasteiger partial charge in [0, 0.05) is 70.5 Å². The van der Waals surface area contributed by atoms with Crippen molar-refractivity contribution in [2.24, 2.45) is 0 Å². The van der Waals surface area contributed by atoms with Crippen molar-refractivity contribution in [2.45, 2.75) is 45.6 Å². The molecule has 3 aromatic rings. The minimum absolute atomic E-state index is 0.00635. The number of fused-ring (bicyclic) bond motifs is 4. The van der Waals surface area contributed by atoms with E-state index in [4.69, 9.17) is 5.73 Å². The van der Waals surface area contributed by atoms with E-state index in [1.165, 1.54) is 0 Å². The van der Waals surface area contributed by atoms with Crippen molar-refractivity contribution >= 4 is 28.3 Å². The highest BCUT2D eigenvalue weighted by Gasteiger charge is 2.40. The van der Waals surface area contributed by atoms with Crippen LogP contribution in [0.4, 0.5) is 5.69 Å². The summed E-state index contributed by atoms with van der Waals surface area (Å²) >= 11 is 0. The van der Waals surface area contributed by atoms with Gasteiger partial charge in [-0.05, 0) is 56.7 Å². The molecule has 1 aliphatic carbocycles. The van der Waals surface area contributed by atoms with Crippen LogP contribution in [0.15, 0.2) is 36.4 Å². The van der Waals surface area contributed by atoms with Crippen molar-refractivity contribution in [1.29, 1.82) is 0 Å². The number of carbonyl (C=O) groups excluding carboxylic acids is 2. The first-order valence-electron chi connectivity index (χ1n) is 11.6. The Kier molecular flexibility index (Phi) is 4.73. The number of aromatic nitrogens is 1. The summed E-state index contributed by atoms with van der Waals surface area (Å²) in [6.45, 7) is 14.0. The van der Waals surface area contributed by atoms with E-state index in [9.17, 15) is 9.59 Å². The number of nitrogen functional groups attached to an aromatic ring is 1. The van der Waals surface area contributed by atoms with Gasteiger partial charge >= 0.3 is 0 Å². The highest BCUT2D eigenvalue weighted by atomic mass is 16.2. The first-order chi connectivity index (χ1) is 15.5. The zero-order chi connectivity index (χ0) is 23.7. The Hall–Kier alpha value is -3.12. The van der Waals surface area contributed by atoms with Crippen molar-refractivity contribution in [3.8, 4) is 0 Å². The number of hydrogen-bond donors (Lipinski definition) is 2. The second kappa shape index (κ2) is 7.19. The number of nitrogens with zero attached hydrogens (tertiary/aromatic N) is 2. The maximum Gasteiger partial charge on any atom is 0.253 e. The molecule has 33 heavy (non-hydrogen) atoms. The fourth-order valence-corrected chi connectivity index (χ4v) is 5.34. The van der Waals surface area contributed by atoms with Crippen LogP contribution in [0.2, 0.25) is 0 Å². The van der Waals surface area contributed by atoms with Crippen molar-refractivity contribution in [3.05, 3.63) is 64.3 Å². The molecule has 0 unspecified atom stereocenters. The van der Waals surface area contributed by atoms with Crippen molar-refractivity contribution < 1.29 is 9.59 Å². The standard InChI is InChI=1S/C27H32N4O2/c1-26(2,3)31-12-10-30(11-13-31)25(33)16-6-8-18-20(14-16)27(4,5)24-22(23(18)32)19-9-7-17(28)15-21(19)29-24/h6-9,14-15,29H,10-13,28H2,1-5H3. The van der Waals surface area contributed by atoms with Crippen molar-refractivity contribution in [2.75, 3.05) is 31.9 Å². The van der Waals surface area contributed by atoms with E-state index in [-0.39, 0.29) is 17.2 Å². The molecule has 0 spiro atoms. The van der Waals surface area contributed by atoms with Crippen LogP contribution in [0.1, 0.15) is 72.2 Å². The number of piperazine rings is 1. The van der Waals surface area contributed by atoms with Gasteiger partial charge in [0.1, 0.15) is 0 Å². The van der Waals surface area contributed by atoms with E-state index in [0.29, 0.717) is 35.5 Å². The maximum absolute atomic E-state index is 13.5. The van der Waals surface area contributed by atoms with Gasteiger partial charge in [-0.1, -0.05) is 19.9 Å². The average molecular weight is 445 g/mol. The lowest BCUT2D eigenvalue weighted by Gasteiger charge is -2.42. The van der Waals surface area contributed by atoms with Crippen molar-refractivity contribution in [1.82, 2.24) is 14.8 Å². The lowest BCUT2D eigenvalue weighted by molar-refractivity contribution is 0.0451. The van der Waals surface area contributed by atoms with E-state index in [1.807, 2.05) is 41.3 Å². The molecule has 1 amide bonds. The number of carbonyl (C=O) groups is 2. The predicted molar refractivity (Wildman–Crippen MR) is 132 cm³/mol. The van der Waals surface area contributed by atoms with E-state index in [0.717, 1.165) is 35.2 Å². The summed E-state index contributed by atoms with van der Waals surface area (Å²) in [4.78, 5) is 34.7. The molecule has 0 saturated carbocycles. The van der Waals surface area contributed by atoms with Crippen LogP contribution in [-0.4, -0.2) is 58.2 Å². The van der Waals surface area contributed by atoms with Crippen LogP contribution in [-0.2, 0) is 5.41 Å². The second-order valence-electron chi connectivity index (χ2n) is 10.8. The Bertz CT molecular complexity index is 1290. The number of nitrogens with one attached hydrogen (secondary N) is 1. The molecule has 0 radical (unpaired) electrons. The molecule has 1 saturated heterocycles. The molecule has 6 heteroatoms. The Morgan fingerprint density at radius 2 is 1.73 bits per heavy atom. The average Bonchev–Trinajstić information content (AvgIpc) is 3.16. The molecule has 172 valence electrons. The molecule has 1 aliphatic heterocycles. The van der Waals surface area contributed by atoms with Gasteiger partial charge in [-0.25, -0.2) is 0 Å². The zero-order valence-corrected chi connectivity index (χ0v) is 20.1. The molecule has 0 bridgehead atoms. The number of anilines is 1. The number of aromatic amines is 1. The lowest BCUT2D eigenvalue weighted by Crippen LogP contribution is -2.54. The Labute approximate surface area is 194 Å². The Morgan fingerprint density at radius 3 is 2.39 bits per heavy atom. The van der Waals surface area contributed by atoms with Crippen LogP contribution in [0.5, 0.6) is 0 Å². The summed E-state index contributed by atoms with van der Waals surface area (Å²) in [7, 11) is 0. The molecule has 2 aliphatic rings. The number of hydrogen-bond acceptors (Lipinski definition) is 4. The number of H-pyrrole nitrogens is 1. The first-order valence-corrected chi connectivity index (χ1v) is 11.6. The van der Waals surface area contributed by atoms with E-state index >= 15 is 0 Å². The number of benzene rings is 2. The molecular weight excluding hydrogens is 412 g/mol. The van der Waals surface area contributed by atoms with E-state index < -0.39 is 5.41 Å². The van der Waals surface area contributed by atoms with E-state index in [1.54, 1.807) is 0 Å². The van der Waals surface area contributed by atoms with Crippen LogP contribution in [0, 0.1) is 0 Å². The third-order valence-electron chi connectivity index (χ3n) is 7.37. The van der Waals surface area contributed by atoms with Gasteiger partial charge in [0.15, 0.2) is 5.78 Å². The van der Waals surface area contributed by atoms with Crippen LogP contribution in [0.25, 0.3) is 10.9 Å². The monoisotopic (exact) mass is 444 g/mol. The predicted octanol–water partition coefficient (Wildman–Crippen LogP) is 4.18. The molecule has 6 nitrogen and oxygen atoms in total. The normalized spacial score (nSPS) is 18.3. The molecule has 2 heterocycles. The molecular formula is C27H32N4O2. The molecule has 2 aromatic carbocycles. The molecule has 0 atom stereocenters. The quantitative estimate of drug-likeness (QED) is 0.552. The van der Waals surface area contributed by atoms with Gasteiger partial charge in [0.25, 0.3) is 5.91 Å². The SMILES string of the molecule is CC1(C)c2cc(C(=O)N3CCN(C(C)(C)C)CC3)ccc2C(=O)c2c1[nH]c1cc(N)ccc21. The lowest BCUT2D eigenvalue weighted by atomic mass is 9.71. The molecule has 1 fully saturated rings. The van der Waals surface area contributed by atoms with Crippen LogP contribution < -0.4 is 5.73 Å². The number of rotatable bonds is 1. The Balaban J connectivity index is 1.50. The minimum atomic E-state index is -0.451. The summed E-state index contributed by atoms with van der Waals surface area (Å²) < 4.78 is 0. The maximum atomic E-state index is 13.5. The largest absolute Gasteiger partial charge is 0.399 e. The topological polar surface area (TPSA) is 82.4 Å². The third-order valence-corrected chi connectivity index (χ3v) is 7.37. The molecule has 5 rings (SSSR count). The van der Waals surface area contributed by atoms with Crippen molar-refractivity contribution in [3.63, 3.8) is 0 Å². The summed E-state index contributed by atoms with van der Waals surface area (Å²) in [6.07, 6.45) is 0. The van der Waals surface area contributed by atoms with Gasteiger partial charge in [-0.3, -0.25) is 14.5 Å². The van der Waals surface area contributed by atoms with Gasteiger partial charge < -0.3 is 15.6 Å². The number of nitrogens with two attached hydrogens (primary N) is 1. The smallest absolute Gasteiger partial charge is 0.253 e. The fraction of sp³-hybridized carbons (Fsp3) is 0.407. The van der Waals surface area contributed by atoms with Crippen LogP contribution in [0.3, 0.4) is 0 Å². The third kappa shape index (κ3) is 3.35. The fourth-order valence-electron chi connectivity index (χ4n) is 5.34. The zero-order valence-electron chi connectivity index (χ0n) is 20.1. The van der Waals surface area contributed by atoms with Crippen LogP contribution >= 0.6 is 0 Å². The highest BCUT2D eigenvalue weighted by molar-refractivity contribution is 6.20. The summed E-state index contributed by atoms with van der Waals surface area (Å²) in [5.74, 6) is 0.0259. The van der Waals surface area contributed by atoms with Gasteiger partial charge in [-0.15, -0.1) is 0 Å². The number of amides is 1. The van der Waals surface area contributed by atoms with E-state index in [2.05, 4.69) is 44.5 Å². The van der Waals surface area contributed by atoms with Gasteiger partial charge in [0.2, 0.25) is 0 Å². The summed E-state index contributed by atoms with van der Waals surface area (Å²) in [5.41, 5.74) is 10.9. The molecule has 1 aromatic heterocycles. The first kappa shape index (κ1) is 21.7.